The zero-order valence-corrected chi connectivity index (χ0v) is 10.9. The third kappa shape index (κ3) is 2.75. The van der Waals surface area contributed by atoms with E-state index in [-0.39, 0.29) is 0 Å². The fourth-order valence-electron chi connectivity index (χ4n) is 1.34. The van der Waals surface area contributed by atoms with Gasteiger partial charge in [0, 0.05) is 7.05 Å². The lowest BCUT2D eigenvalue weighted by Gasteiger charge is -2.00. The van der Waals surface area contributed by atoms with E-state index >= 15 is 0 Å². The highest BCUT2D eigenvalue weighted by Crippen LogP contribution is 2.06. The summed E-state index contributed by atoms with van der Waals surface area (Å²) in [5.41, 5.74) is 1.81. The molecule has 1 N–H and O–H groups in total. The van der Waals surface area contributed by atoms with Crippen molar-refractivity contribution in [3.05, 3.63) is 51.0 Å². The van der Waals surface area contributed by atoms with Crippen molar-refractivity contribution in [2.45, 2.75) is 0 Å². The SMILES string of the molecule is Cn1c(=S)[nH]nc(/C=C/c2ccccc2)c1=S. The second-order valence-electron chi connectivity index (χ2n) is 3.52. The summed E-state index contributed by atoms with van der Waals surface area (Å²) in [7, 11) is 1.82. The molecule has 0 radical (unpaired) electrons. The first-order chi connectivity index (χ1) is 8.18. The smallest absolute Gasteiger partial charge is 0.194 e. The van der Waals surface area contributed by atoms with Gasteiger partial charge in [0.05, 0.1) is 0 Å². The van der Waals surface area contributed by atoms with Crippen LogP contribution >= 0.6 is 24.4 Å². The average Bonchev–Trinajstić information content (AvgIpc) is 2.36. The first-order valence-electron chi connectivity index (χ1n) is 5.07. The fourth-order valence-corrected chi connectivity index (χ4v) is 1.74. The number of aromatic amines is 1. The van der Waals surface area contributed by atoms with Gasteiger partial charge < -0.3 is 4.57 Å². The Balaban J connectivity index is 2.38. The number of nitrogens with one attached hydrogen (secondary N) is 1. The minimum atomic E-state index is 0.520. The van der Waals surface area contributed by atoms with Gasteiger partial charge in [-0.25, -0.2) is 0 Å². The largest absolute Gasteiger partial charge is 0.310 e. The molecule has 86 valence electrons. The number of benzene rings is 1. The van der Waals surface area contributed by atoms with Gasteiger partial charge in [-0.2, -0.15) is 5.10 Å². The molecule has 0 fully saturated rings. The van der Waals surface area contributed by atoms with Crippen molar-refractivity contribution in [2.24, 2.45) is 7.05 Å². The third-order valence-corrected chi connectivity index (χ3v) is 3.18. The van der Waals surface area contributed by atoms with Crippen molar-refractivity contribution in [1.29, 1.82) is 0 Å². The normalized spacial score (nSPS) is 10.9. The van der Waals surface area contributed by atoms with Gasteiger partial charge in [-0.3, -0.25) is 5.10 Å². The minimum absolute atomic E-state index is 0.520. The van der Waals surface area contributed by atoms with E-state index < -0.39 is 0 Å². The molecule has 0 aliphatic carbocycles. The number of hydrogen-bond acceptors (Lipinski definition) is 3. The molecule has 0 saturated heterocycles. The van der Waals surface area contributed by atoms with Crippen molar-refractivity contribution in [3.63, 3.8) is 0 Å². The van der Waals surface area contributed by atoms with Crippen LogP contribution < -0.4 is 0 Å². The Morgan fingerprint density at radius 2 is 1.88 bits per heavy atom. The van der Waals surface area contributed by atoms with Crippen LogP contribution in [0.1, 0.15) is 11.3 Å². The summed E-state index contributed by atoms with van der Waals surface area (Å²) in [4.78, 5) is 0. The van der Waals surface area contributed by atoms with Crippen LogP contribution in [0.25, 0.3) is 12.2 Å². The molecule has 0 aliphatic heterocycles. The van der Waals surface area contributed by atoms with Gasteiger partial charge in [0.2, 0.25) is 0 Å². The Morgan fingerprint density at radius 3 is 2.59 bits per heavy atom. The van der Waals surface area contributed by atoms with E-state index in [4.69, 9.17) is 24.4 Å². The summed E-state index contributed by atoms with van der Waals surface area (Å²) < 4.78 is 2.87. The Kier molecular flexibility index (Phi) is 3.61. The summed E-state index contributed by atoms with van der Waals surface area (Å²) >= 11 is 10.3. The van der Waals surface area contributed by atoms with Gasteiger partial charge in [-0.15, -0.1) is 0 Å². The molecule has 3 nitrogen and oxygen atoms in total. The summed E-state index contributed by atoms with van der Waals surface area (Å²) in [5, 5.41) is 6.87. The van der Waals surface area contributed by atoms with E-state index in [1.165, 1.54) is 0 Å². The summed E-state index contributed by atoms with van der Waals surface area (Å²) in [6, 6.07) is 9.99. The molecule has 1 heterocycles. The third-order valence-electron chi connectivity index (χ3n) is 2.33. The van der Waals surface area contributed by atoms with Gasteiger partial charge in [-0.05, 0) is 23.9 Å². The monoisotopic (exact) mass is 261 g/mol. The first-order valence-corrected chi connectivity index (χ1v) is 5.89. The van der Waals surface area contributed by atoms with Crippen LogP contribution in [-0.2, 0) is 7.05 Å². The molecule has 1 aromatic carbocycles. The van der Waals surface area contributed by atoms with Crippen molar-refractivity contribution >= 4 is 36.6 Å². The van der Waals surface area contributed by atoms with E-state index in [0.29, 0.717) is 15.1 Å². The molecule has 0 atom stereocenters. The Hall–Kier alpha value is -1.59. The van der Waals surface area contributed by atoms with Crippen LogP contribution in [0.3, 0.4) is 0 Å². The molecule has 1 aromatic heterocycles. The van der Waals surface area contributed by atoms with Crippen LogP contribution in [0.4, 0.5) is 0 Å². The van der Waals surface area contributed by atoms with Crippen LogP contribution in [0, 0.1) is 9.41 Å². The minimum Gasteiger partial charge on any atom is -0.310 e. The lowest BCUT2D eigenvalue weighted by Crippen LogP contribution is -2.01. The second-order valence-corrected chi connectivity index (χ2v) is 4.30. The maximum absolute atomic E-state index is 5.26. The topological polar surface area (TPSA) is 33.6 Å². The maximum atomic E-state index is 5.26. The van der Waals surface area contributed by atoms with Crippen molar-refractivity contribution in [2.75, 3.05) is 0 Å². The Bertz CT molecular complexity index is 653. The highest BCUT2D eigenvalue weighted by molar-refractivity contribution is 7.72. The predicted octanol–water partition coefficient (Wildman–Crippen LogP) is 3.38. The van der Waals surface area contributed by atoms with E-state index in [0.717, 1.165) is 5.56 Å². The molecule has 0 unspecified atom stereocenters. The predicted molar refractivity (Wildman–Crippen MR) is 74.6 cm³/mol. The lowest BCUT2D eigenvalue weighted by atomic mass is 10.2. The molecule has 0 bridgehead atoms. The zero-order valence-electron chi connectivity index (χ0n) is 9.25. The number of H-pyrrole nitrogens is 1. The quantitative estimate of drug-likeness (QED) is 0.841. The Labute approximate surface area is 109 Å². The number of rotatable bonds is 2. The van der Waals surface area contributed by atoms with Crippen molar-refractivity contribution < 1.29 is 0 Å². The summed E-state index contributed by atoms with van der Waals surface area (Å²) in [6.07, 6.45) is 3.85. The number of aromatic nitrogens is 3. The van der Waals surface area contributed by atoms with E-state index in [1.807, 2.05) is 49.5 Å². The van der Waals surface area contributed by atoms with Crippen LogP contribution in [-0.4, -0.2) is 14.8 Å². The molecule has 0 aliphatic rings. The lowest BCUT2D eigenvalue weighted by molar-refractivity contribution is 0.771. The van der Waals surface area contributed by atoms with E-state index in [1.54, 1.807) is 4.57 Å². The fraction of sp³-hybridized carbons (Fsp3) is 0.0833. The molecule has 0 amide bonds. The Morgan fingerprint density at radius 1 is 1.18 bits per heavy atom. The summed E-state index contributed by atoms with van der Waals surface area (Å²) in [5.74, 6) is 0. The second kappa shape index (κ2) is 5.16. The van der Waals surface area contributed by atoms with Crippen LogP contribution in [0.2, 0.25) is 0 Å². The van der Waals surface area contributed by atoms with Crippen molar-refractivity contribution in [3.8, 4) is 0 Å². The van der Waals surface area contributed by atoms with Gasteiger partial charge >= 0.3 is 0 Å². The van der Waals surface area contributed by atoms with Crippen LogP contribution in [0.15, 0.2) is 30.3 Å². The molecule has 0 saturated carbocycles. The van der Waals surface area contributed by atoms with Crippen LogP contribution in [0.5, 0.6) is 0 Å². The molecular formula is C12H11N3S2. The van der Waals surface area contributed by atoms with Crippen molar-refractivity contribution in [1.82, 2.24) is 14.8 Å². The molecule has 2 aromatic rings. The molecule has 2 rings (SSSR count). The van der Waals surface area contributed by atoms with Gasteiger partial charge in [0.15, 0.2) is 4.77 Å². The molecular weight excluding hydrogens is 250 g/mol. The van der Waals surface area contributed by atoms with Gasteiger partial charge in [0.1, 0.15) is 10.3 Å². The molecule has 5 heteroatoms. The number of nitrogens with zero attached hydrogens (tertiary/aromatic N) is 2. The van der Waals surface area contributed by atoms with E-state index in [9.17, 15) is 0 Å². The van der Waals surface area contributed by atoms with Gasteiger partial charge in [0.25, 0.3) is 0 Å². The highest BCUT2D eigenvalue weighted by Gasteiger charge is 1.96. The number of hydrogen-bond donors (Lipinski definition) is 1. The zero-order chi connectivity index (χ0) is 12.3. The molecule has 0 spiro atoms. The van der Waals surface area contributed by atoms with E-state index in [2.05, 4.69) is 10.2 Å². The van der Waals surface area contributed by atoms with Gasteiger partial charge in [-0.1, -0.05) is 48.6 Å². The maximum Gasteiger partial charge on any atom is 0.194 e. The molecule has 17 heavy (non-hydrogen) atoms. The first kappa shape index (κ1) is 11.9. The standard InChI is InChI=1S/C12H11N3S2/c1-15-11(16)10(13-14-12(15)17)8-7-9-5-3-2-4-6-9/h2-8H,1H3,(H,14,17)/b8-7+. The summed E-state index contributed by atoms with van der Waals surface area (Å²) in [6.45, 7) is 0. The average molecular weight is 261 g/mol. The highest BCUT2D eigenvalue weighted by atomic mass is 32.1.